The van der Waals surface area contributed by atoms with Crippen molar-refractivity contribution in [1.82, 2.24) is 4.98 Å². The number of anilines is 1. The minimum absolute atomic E-state index is 0.134. The number of nitrogens with one attached hydrogen (secondary N) is 1. The van der Waals surface area contributed by atoms with Crippen molar-refractivity contribution in [2.75, 3.05) is 5.32 Å². The van der Waals surface area contributed by atoms with Gasteiger partial charge in [-0.25, -0.2) is 4.98 Å². The van der Waals surface area contributed by atoms with Crippen molar-refractivity contribution < 1.29 is 18.0 Å². The van der Waals surface area contributed by atoms with E-state index in [2.05, 4.69) is 10.3 Å². The number of aromatic nitrogens is 1. The maximum absolute atomic E-state index is 12.5. The fourth-order valence-corrected chi connectivity index (χ4v) is 1.57. The van der Waals surface area contributed by atoms with Crippen molar-refractivity contribution >= 4 is 11.7 Å². The second kappa shape index (κ2) is 5.32. The zero-order valence-corrected chi connectivity index (χ0v) is 10.5. The number of hydrogen-bond acceptors (Lipinski definition) is 2. The normalized spacial score (nSPS) is 11.2. The molecule has 0 saturated carbocycles. The molecule has 3 nitrogen and oxygen atoms in total. The minimum Gasteiger partial charge on any atom is -0.307 e. The Morgan fingerprint density at radius 2 is 1.80 bits per heavy atom. The average Bonchev–Trinajstić information content (AvgIpc) is 2.38. The van der Waals surface area contributed by atoms with E-state index in [-0.39, 0.29) is 5.82 Å². The highest BCUT2D eigenvalue weighted by Gasteiger charge is 2.30. The Balaban J connectivity index is 2.18. The molecule has 0 atom stereocenters. The molecule has 6 heteroatoms. The third-order valence-electron chi connectivity index (χ3n) is 2.64. The number of benzene rings is 1. The molecule has 0 fully saturated rings. The standard InChI is InChI=1S/C14H11F3N2O/c1-9-2-4-10(5-3-9)13(20)19-12-8-11(6-7-18-12)14(15,16)17/h2-8H,1H3,(H,18,19,20). The first kappa shape index (κ1) is 14.0. The van der Waals surface area contributed by atoms with E-state index in [1.54, 1.807) is 24.3 Å². The maximum Gasteiger partial charge on any atom is 0.416 e. The van der Waals surface area contributed by atoms with E-state index in [1.165, 1.54) is 0 Å². The first-order chi connectivity index (χ1) is 9.36. The molecule has 1 heterocycles. The first-order valence-corrected chi connectivity index (χ1v) is 5.77. The summed E-state index contributed by atoms with van der Waals surface area (Å²) in [6.07, 6.45) is -3.46. The molecular formula is C14H11F3N2O. The van der Waals surface area contributed by atoms with Crippen LogP contribution in [0.3, 0.4) is 0 Å². The summed E-state index contributed by atoms with van der Waals surface area (Å²) in [4.78, 5) is 15.6. The predicted octanol–water partition coefficient (Wildman–Crippen LogP) is 3.66. The molecule has 104 valence electrons. The van der Waals surface area contributed by atoms with Gasteiger partial charge in [0.15, 0.2) is 0 Å². The number of halogens is 3. The SMILES string of the molecule is Cc1ccc(C(=O)Nc2cc(C(F)(F)F)ccn2)cc1. The highest BCUT2D eigenvalue weighted by atomic mass is 19.4. The van der Waals surface area contributed by atoms with E-state index in [0.29, 0.717) is 5.56 Å². The highest BCUT2D eigenvalue weighted by molar-refractivity contribution is 6.03. The van der Waals surface area contributed by atoms with E-state index >= 15 is 0 Å². The van der Waals surface area contributed by atoms with Gasteiger partial charge in [0.1, 0.15) is 5.82 Å². The third-order valence-corrected chi connectivity index (χ3v) is 2.64. The smallest absolute Gasteiger partial charge is 0.307 e. The molecule has 1 amide bonds. The number of carbonyl (C=O) groups is 1. The molecule has 1 aromatic heterocycles. The van der Waals surface area contributed by atoms with Crippen LogP contribution in [-0.2, 0) is 6.18 Å². The van der Waals surface area contributed by atoms with Crippen LogP contribution in [-0.4, -0.2) is 10.9 Å². The Kier molecular flexibility index (Phi) is 3.74. The molecule has 0 aliphatic carbocycles. The predicted molar refractivity (Wildman–Crippen MR) is 68.4 cm³/mol. The van der Waals surface area contributed by atoms with Gasteiger partial charge in [0.05, 0.1) is 5.56 Å². The summed E-state index contributed by atoms with van der Waals surface area (Å²) in [5, 5.41) is 2.34. The lowest BCUT2D eigenvalue weighted by Crippen LogP contribution is -2.14. The Labute approximate surface area is 113 Å². The van der Waals surface area contributed by atoms with Crippen molar-refractivity contribution in [1.29, 1.82) is 0 Å². The van der Waals surface area contributed by atoms with E-state index in [1.807, 2.05) is 6.92 Å². The topological polar surface area (TPSA) is 42.0 Å². The lowest BCUT2D eigenvalue weighted by Gasteiger charge is -2.09. The molecule has 2 rings (SSSR count). The zero-order valence-electron chi connectivity index (χ0n) is 10.5. The quantitative estimate of drug-likeness (QED) is 0.912. The van der Waals surface area contributed by atoms with Gasteiger partial charge in [-0.3, -0.25) is 4.79 Å². The molecule has 2 aromatic rings. The molecule has 0 bridgehead atoms. The molecule has 0 spiro atoms. The van der Waals surface area contributed by atoms with Gasteiger partial charge in [0.2, 0.25) is 0 Å². The van der Waals surface area contributed by atoms with Gasteiger partial charge in [0, 0.05) is 11.8 Å². The van der Waals surface area contributed by atoms with Crippen molar-refractivity contribution in [2.45, 2.75) is 13.1 Å². The van der Waals surface area contributed by atoms with Crippen molar-refractivity contribution in [2.24, 2.45) is 0 Å². The monoisotopic (exact) mass is 280 g/mol. The van der Waals surface area contributed by atoms with Crippen LogP contribution < -0.4 is 5.32 Å². The first-order valence-electron chi connectivity index (χ1n) is 5.77. The average molecular weight is 280 g/mol. The molecular weight excluding hydrogens is 269 g/mol. The van der Waals surface area contributed by atoms with Gasteiger partial charge in [-0.1, -0.05) is 17.7 Å². The highest BCUT2D eigenvalue weighted by Crippen LogP contribution is 2.29. The van der Waals surface area contributed by atoms with Crippen molar-refractivity contribution in [3.63, 3.8) is 0 Å². The van der Waals surface area contributed by atoms with Gasteiger partial charge >= 0.3 is 6.18 Å². The number of amides is 1. The molecule has 1 N–H and O–H groups in total. The summed E-state index contributed by atoms with van der Waals surface area (Å²) >= 11 is 0. The molecule has 0 aliphatic heterocycles. The molecule has 0 radical (unpaired) electrons. The van der Waals surface area contributed by atoms with Crippen LogP contribution in [0.5, 0.6) is 0 Å². The number of pyridine rings is 1. The van der Waals surface area contributed by atoms with Crippen LogP contribution in [0.15, 0.2) is 42.6 Å². The number of nitrogens with zero attached hydrogens (tertiary/aromatic N) is 1. The van der Waals surface area contributed by atoms with Crippen LogP contribution in [0, 0.1) is 6.92 Å². The second-order valence-electron chi connectivity index (χ2n) is 4.25. The van der Waals surface area contributed by atoms with Gasteiger partial charge in [-0.15, -0.1) is 0 Å². The molecule has 0 unspecified atom stereocenters. The van der Waals surface area contributed by atoms with Crippen molar-refractivity contribution in [3.8, 4) is 0 Å². The molecule has 20 heavy (non-hydrogen) atoms. The number of aryl methyl sites for hydroxylation is 1. The van der Waals surface area contributed by atoms with E-state index < -0.39 is 17.6 Å². The van der Waals surface area contributed by atoms with E-state index in [9.17, 15) is 18.0 Å². The third kappa shape index (κ3) is 3.34. The van der Waals surface area contributed by atoms with Gasteiger partial charge in [0.25, 0.3) is 5.91 Å². The summed E-state index contributed by atoms with van der Waals surface area (Å²) in [6, 6.07) is 8.33. The summed E-state index contributed by atoms with van der Waals surface area (Å²) in [5.41, 5.74) is 0.486. The maximum atomic E-state index is 12.5. The fraction of sp³-hybridized carbons (Fsp3) is 0.143. The largest absolute Gasteiger partial charge is 0.416 e. The number of hydrogen-bond donors (Lipinski definition) is 1. The lowest BCUT2D eigenvalue weighted by atomic mass is 10.1. The van der Waals surface area contributed by atoms with Crippen molar-refractivity contribution in [3.05, 3.63) is 59.3 Å². The molecule has 0 saturated heterocycles. The second-order valence-corrected chi connectivity index (χ2v) is 4.25. The number of rotatable bonds is 2. The van der Waals surface area contributed by atoms with Gasteiger partial charge in [-0.05, 0) is 31.2 Å². The van der Waals surface area contributed by atoms with Crippen LogP contribution in [0.4, 0.5) is 19.0 Å². The van der Waals surface area contributed by atoms with Gasteiger partial charge in [-0.2, -0.15) is 13.2 Å². The fourth-order valence-electron chi connectivity index (χ4n) is 1.57. The van der Waals surface area contributed by atoms with E-state index in [4.69, 9.17) is 0 Å². The Morgan fingerprint density at radius 3 is 2.40 bits per heavy atom. The number of alkyl halides is 3. The van der Waals surface area contributed by atoms with Crippen LogP contribution >= 0.6 is 0 Å². The van der Waals surface area contributed by atoms with E-state index in [0.717, 1.165) is 23.9 Å². The molecule has 1 aromatic carbocycles. The van der Waals surface area contributed by atoms with Crippen LogP contribution in [0.1, 0.15) is 21.5 Å². The van der Waals surface area contributed by atoms with Crippen LogP contribution in [0.2, 0.25) is 0 Å². The molecule has 0 aliphatic rings. The zero-order chi connectivity index (χ0) is 14.8. The van der Waals surface area contributed by atoms with Gasteiger partial charge < -0.3 is 5.32 Å². The summed E-state index contributed by atoms with van der Waals surface area (Å²) in [5.74, 6) is -0.637. The minimum atomic E-state index is -4.47. The summed E-state index contributed by atoms with van der Waals surface area (Å²) in [7, 11) is 0. The van der Waals surface area contributed by atoms with Crippen LogP contribution in [0.25, 0.3) is 0 Å². The summed E-state index contributed by atoms with van der Waals surface area (Å²) < 4.78 is 37.6. The Morgan fingerprint density at radius 1 is 1.15 bits per heavy atom. The Bertz CT molecular complexity index is 621. The summed E-state index contributed by atoms with van der Waals surface area (Å²) in [6.45, 7) is 1.87. The number of carbonyl (C=O) groups excluding carboxylic acids is 1. The lowest BCUT2D eigenvalue weighted by molar-refractivity contribution is -0.137. The Hall–Kier alpha value is -2.37.